The third-order valence-corrected chi connectivity index (χ3v) is 5.56. The average molecular weight is 233 g/mol. The molecule has 1 rings (SSSR count). The van der Waals surface area contributed by atoms with Gasteiger partial charge in [0.25, 0.3) is 0 Å². The van der Waals surface area contributed by atoms with Gasteiger partial charge < -0.3 is 0 Å². The second-order valence-corrected chi connectivity index (χ2v) is 7.19. The molecule has 1 saturated carbocycles. The molecule has 0 heterocycles. The Labute approximate surface area is 93.7 Å². The van der Waals surface area contributed by atoms with E-state index in [1.807, 2.05) is 0 Å². The van der Waals surface area contributed by atoms with Gasteiger partial charge in [0.1, 0.15) is 0 Å². The molecule has 0 aliphatic heterocycles. The van der Waals surface area contributed by atoms with Crippen LogP contribution in [0, 0.1) is 11.8 Å². The van der Waals surface area contributed by atoms with Crippen LogP contribution in [0.25, 0.3) is 0 Å². The molecule has 3 atom stereocenters. The quantitative estimate of drug-likeness (QED) is 0.808. The molecule has 1 aliphatic carbocycles. The second-order valence-electron chi connectivity index (χ2n) is 4.92. The Morgan fingerprint density at radius 2 is 1.93 bits per heavy atom. The van der Waals surface area contributed by atoms with E-state index in [1.165, 1.54) is 0 Å². The lowest BCUT2D eigenvalue weighted by molar-refractivity contribution is 0.368. The minimum Gasteiger partial charge on any atom is -0.212 e. The largest absolute Gasteiger partial charge is 0.214 e. The number of sulfonamides is 1. The highest BCUT2D eigenvalue weighted by molar-refractivity contribution is 7.90. The van der Waals surface area contributed by atoms with Crippen LogP contribution >= 0.6 is 0 Å². The lowest BCUT2D eigenvalue weighted by Crippen LogP contribution is -2.41. The van der Waals surface area contributed by atoms with Crippen molar-refractivity contribution in [1.82, 2.24) is 4.72 Å². The van der Waals surface area contributed by atoms with Gasteiger partial charge in [-0.1, -0.05) is 20.3 Å². The van der Waals surface area contributed by atoms with E-state index in [1.54, 1.807) is 13.8 Å². The van der Waals surface area contributed by atoms with Crippen LogP contribution in [0.4, 0.5) is 0 Å². The Balaban J connectivity index is 2.62. The van der Waals surface area contributed by atoms with Crippen molar-refractivity contribution < 1.29 is 8.42 Å². The molecule has 0 spiro atoms. The topological polar surface area (TPSA) is 46.2 Å². The predicted molar refractivity (Wildman–Crippen MR) is 63.2 cm³/mol. The van der Waals surface area contributed by atoms with Crippen LogP contribution in [0.5, 0.6) is 0 Å². The monoisotopic (exact) mass is 233 g/mol. The molecule has 0 saturated heterocycles. The lowest BCUT2D eigenvalue weighted by Gasteiger charge is -2.22. The summed E-state index contributed by atoms with van der Waals surface area (Å²) in [5.74, 6) is 1.16. The third-order valence-electron chi connectivity index (χ3n) is 3.69. The molecule has 0 aromatic heterocycles. The van der Waals surface area contributed by atoms with Crippen molar-refractivity contribution in [3.63, 3.8) is 0 Å². The molecule has 0 bridgehead atoms. The van der Waals surface area contributed by atoms with Gasteiger partial charge in [0, 0.05) is 6.04 Å². The van der Waals surface area contributed by atoms with Crippen molar-refractivity contribution in [1.29, 1.82) is 0 Å². The zero-order chi connectivity index (χ0) is 11.6. The van der Waals surface area contributed by atoms with Crippen LogP contribution in [0.1, 0.15) is 47.0 Å². The van der Waals surface area contributed by atoms with E-state index < -0.39 is 10.0 Å². The molecule has 1 fully saturated rings. The molecule has 0 aromatic carbocycles. The molecule has 4 heteroatoms. The highest BCUT2D eigenvalue weighted by Crippen LogP contribution is 2.34. The first-order valence-corrected chi connectivity index (χ1v) is 7.44. The van der Waals surface area contributed by atoms with Gasteiger partial charge >= 0.3 is 0 Å². The number of hydrogen-bond donors (Lipinski definition) is 1. The standard InChI is InChI=1S/C11H23NO2S/c1-5-10-6-7-11(9(10)4)12-15(13,14)8(2)3/h8-12H,5-7H2,1-4H3. The Hall–Kier alpha value is -0.0900. The zero-order valence-electron chi connectivity index (χ0n) is 10.2. The van der Waals surface area contributed by atoms with Crippen molar-refractivity contribution >= 4 is 10.0 Å². The van der Waals surface area contributed by atoms with Crippen molar-refractivity contribution in [2.75, 3.05) is 0 Å². The average Bonchev–Trinajstić information content (AvgIpc) is 2.47. The molecule has 0 radical (unpaired) electrons. The first-order chi connectivity index (χ1) is 6.88. The predicted octanol–water partition coefficient (Wildman–Crippen LogP) is 2.14. The molecule has 1 N–H and O–H groups in total. The van der Waals surface area contributed by atoms with E-state index in [4.69, 9.17) is 0 Å². The normalized spacial score (nSPS) is 32.5. The first kappa shape index (κ1) is 13.0. The van der Waals surface area contributed by atoms with Gasteiger partial charge in [-0.25, -0.2) is 13.1 Å². The lowest BCUT2D eigenvalue weighted by atomic mass is 9.94. The Morgan fingerprint density at radius 3 is 2.33 bits per heavy atom. The first-order valence-electron chi connectivity index (χ1n) is 5.89. The van der Waals surface area contributed by atoms with E-state index in [9.17, 15) is 8.42 Å². The maximum Gasteiger partial charge on any atom is 0.214 e. The van der Waals surface area contributed by atoms with E-state index in [2.05, 4.69) is 18.6 Å². The highest BCUT2D eigenvalue weighted by atomic mass is 32.2. The van der Waals surface area contributed by atoms with Gasteiger partial charge in [-0.2, -0.15) is 0 Å². The fourth-order valence-corrected chi connectivity index (χ4v) is 3.36. The van der Waals surface area contributed by atoms with Crippen molar-refractivity contribution in [3.05, 3.63) is 0 Å². The van der Waals surface area contributed by atoms with Gasteiger partial charge in [0.05, 0.1) is 5.25 Å². The fourth-order valence-electron chi connectivity index (χ4n) is 2.34. The second kappa shape index (κ2) is 4.83. The Bertz CT molecular complexity index is 298. The van der Waals surface area contributed by atoms with Crippen LogP contribution in [-0.4, -0.2) is 19.7 Å². The van der Waals surface area contributed by atoms with E-state index in [0.29, 0.717) is 11.8 Å². The number of hydrogen-bond acceptors (Lipinski definition) is 2. The Morgan fingerprint density at radius 1 is 1.33 bits per heavy atom. The summed E-state index contributed by atoms with van der Waals surface area (Å²) in [4.78, 5) is 0. The van der Waals surface area contributed by atoms with E-state index >= 15 is 0 Å². The van der Waals surface area contributed by atoms with Gasteiger partial charge in [0.2, 0.25) is 10.0 Å². The number of rotatable bonds is 4. The van der Waals surface area contributed by atoms with Crippen molar-refractivity contribution in [2.24, 2.45) is 11.8 Å². The smallest absolute Gasteiger partial charge is 0.212 e. The summed E-state index contributed by atoms with van der Waals surface area (Å²) >= 11 is 0. The molecule has 0 amide bonds. The summed E-state index contributed by atoms with van der Waals surface area (Å²) in [5.41, 5.74) is 0. The van der Waals surface area contributed by atoms with Crippen molar-refractivity contribution in [3.8, 4) is 0 Å². The summed E-state index contributed by atoms with van der Waals surface area (Å²) in [7, 11) is -3.10. The maximum absolute atomic E-state index is 11.7. The molecular weight excluding hydrogens is 210 g/mol. The third kappa shape index (κ3) is 2.94. The molecule has 3 unspecified atom stereocenters. The number of nitrogens with one attached hydrogen (secondary N) is 1. The van der Waals surface area contributed by atoms with Gasteiger partial charge in [-0.15, -0.1) is 0 Å². The minimum absolute atomic E-state index is 0.155. The summed E-state index contributed by atoms with van der Waals surface area (Å²) in [6.07, 6.45) is 3.30. The van der Waals surface area contributed by atoms with E-state index in [-0.39, 0.29) is 11.3 Å². The molecule has 3 nitrogen and oxygen atoms in total. The molecule has 90 valence electrons. The maximum atomic E-state index is 11.7. The van der Waals surface area contributed by atoms with Gasteiger partial charge in [-0.3, -0.25) is 0 Å². The van der Waals surface area contributed by atoms with Gasteiger partial charge in [-0.05, 0) is 38.5 Å². The summed E-state index contributed by atoms with van der Waals surface area (Å²) in [6.45, 7) is 7.79. The Kier molecular flexibility index (Phi) is 4.18. The molecule has 1 aliphatic rings. The summed E-state index contributed by atoms with van der Waals surface area (Å²) in [5, 5.41) is -0.328. The highest BCUT2D eigenvalue weighted by Gasteiger charge is 2.34. The fraction of sp³-hybridized carbons (Fsp3) is 1.00. The van der Waals surface area contributed by atoms with Crippen molar-refractivity contribution in [2.45, 2.75) is 58.2 Å². The van der Waals surface area contributed by atoms with Crippen LogP contribution < -0.4 is 4.72 Å². The molecule has 0 aromatic rings. The van der Waals surface area contributed by atoms with Crippen LogP contribution in [0.2, 0.25) is 0 Å². The SMILES string of the molecule is CCC1CCC(NS(=O)(=O)C(C)C)C1C. The molecular formula is C11H23NO2S. The van der Waals surface area contributed by atoms with Crippen LogP contribution in [0.15, 0.2) is 0 Å². The van der Waals surface area contributed by atoms with E-state index in [0.717, 1.165) is 19.3 Å². The zero-order valence-corrected chi connectivity index (χ0v) is 11.0. The van der Waals surface area contributed by atoms with Crippen LogP contribution in [-0.2, 0) is 10.0 Å². The summed E-state index contributed by atoms with van der Waals surface area (Å²) < 4.78 is 26.3. The van der Waals surface area contributed by atoms with Crippen LogP contribution in [0.3, 0.4) is 0 Å². The minimum atomic E-state index is -3.10. The molecule has 15 heavy (non-hydrogen) atoms. The van der Waals surface area contributed by atoms with Gasteiger partial charge in [0.15, 0.2) is 0 Å². The summed E-state index contributed by atoms with van der Waals surface area (Å²) in [6, 6.07) is 0.155.